The van der Waals surface area contributed by atoms with E-state index >= 15 is 0 Å². The predicted molar refractivity (Wildman–Crippen MR) is 91.5 cm³/mol. The highest BCUT2D eigenvalue weighted by Gasteiger charge is 2.30. The minimum atomic E-state index is -4.50. The van der Waals surface area contributed by atoms with Crippen molar-refractivity contribution in [2.24, 2.45) is 0 Å². The first-order chi connectivity index (χ1) is 12.6. The number of hydrogen-bond acceptors (Lipinski definition) is 3. The summed E-state index contributed by atoms with van der Waals surface area (Å²) in [5, 5.41) is 2.30. The fourth-order valence-electron chi connectivity index (χ4n) is 1.94. The van der Waals surface area contributed by atoms with Crippen molar-refractivity contribution in [2.45, 2.75) is 6.18 Å². The summed E-state index contributed by atoms with van der Waals surface area (Å²) in [6.07, 6.45) is -2.47. The Morgan fingerprint density at radius 3 is 2.56 bits per heavy atom. The van der Waals surface area contributed by atoms with Crippen LogP contribution in [0.2, 0.25) is 5.02 Å². The zero-order chi connectivity index (χ0) is 20.0. The van der Waals surface area contributed by atoms with Crippen LogP contribution in [-0.4, -0.2) is 18.5 Å². The van der Waals surface area contributed by atoms with Crippen LogP contribution in [0.4, 0.5) is 23.2 Å². The van der Waals surface area contributed by atoms with Crippen molar-refractivity contribution >= 4 is 35.2 Å². The molecule has 27 heavy (non-hydrogen) atoms. The zero-order valence-corrected chi connectivity index (χ0v) is 14.3. The second-order valence-electron chi connectivity index (χ2n) is 5.24. The molecular weight excluding hydrogens is 390 g/mol. The van der Waals surface area contributed by atoms with Crippen molar-refractivity contribution in [2.75, 3.05) is 11.9 Å². The first kappa shape index (κ1) is 20.4. The van der Waals surface area contributed by atoms with Crippen LogP contribution in [0.25, 0.3) is 6.08 Å². The van der Waals surface area contributed by atoms with Gasteiger partial charge in [0.2, 0.25) is 0 Å². The molecule has 0 spiro atoms. The molecular formula is C18H12ClF4NO3. The maximum absolute atomic E-state index is 12.9. The number of benzene rings is 2. The Labute approximate surface area is 156 Å². The van der Waals surface area contributed by atoms with E-state index in [9.17, 15) is 27.2 Å². The highest BCUT2D eigenvalue weighted by molar-refractivity contribution is 6.33. The van der Waals surface area contributed by atoms with Crippen LogP contribution in [-0.2, 0) is 20.5 Å². The van der Waals surface area contributed by atoms with E-state index in [1.807, 2.05) is 0 Å². The van der Waals surface area contributed by atoms with Gasteiger partial charge >= 0.3 is 12.1 Å². The number of rotatable bonds is 5. The van der Waals surface area contributed by atoms with Crippen LogP contribution >= 0.6 is 11.6 Å². The number of esters is 1. The van der Waals surface area contributed by atoms with Gasteiger partial charge in [0, 0.05) is 6.08 Å². The Bertz CT molecular complexity index is 881. The average Bonchev–Trinajstić information content (AvgIpc) is 2.60. The third-order valence-corrected chi connectivity index (χ3v) is 3.49. The molecule has 0 bridgehead atoms. The summed E-state index contributed by atoms with van der Waals surface area (Å²) in [6.45, 7) is -0.653. The molecule has 0 unspecified atom stereocenters. The fraction of sp³-hybridized carbons (Fsp3) is 0.111. The smallest absolute Gasteiger partial charge is 0.416 e. The van der Waals surface area contributed by atoms with Gasteiger partial charge in [-0.15, -0.1) is 0 Å². The minimum absolute atomic E-state index is 0.0286. The molecule has 0 atom stereocenters. The SMILES string of the molecule is O=C(COC(=O)C=Cc1cccc(C(F)(F)F)c1)Nc1ccc(F)cc1Cl. The Morgan fingerprint density at radius 1 is 1.15 bits per heavy atom. The van der Waals surface area contributed by atoms with Gasteiger partial charge < -0.3 is 10.1 Å². The van der Waals surface area contributed by atoms with Crippen molar-refractivity contribution in [3.63, 3.8) is 0 Å². The van der Waals surface area contributed by atoms with Crippen LogP contribution in [0, 0.1) is 5.82 Å². The van der Waals surface area contributed by atoms with E-state index in [0.29, 0.717) is 0 Å². The van der Waals surface area contributed by atoms with E-state index in [0.717, 1.165) is 36.4 Å². The molecule has 142 valence electrons. The molecule has 0 aliphatic heterocycles. The molecule has 2 aromatic rings. The van der Waals surface area contributed by atoms with Gasteiger partial charge in [0.05, 0.1) is 16.3 Å². The number of halogens is 5. The molecule has 2 rings (SSSR count). The lowest BCUT2D eigenvalue weighted by atomic mass is 10.1. The molecule has 1 N–H and O–H groups in total. The summed E-state index contributed by atoms with van der Waals surface area (Å²) in [5.74, 6) is -2.22. The number of alkyl halides is 3. The highest BCUT2D eigenvalue weighted by Crippen LogP contribution is 2.29. The topological polar surface area (TPSA) is 55.4 Å². The predicted octanol–water partition coefficient (Wildman–Crippen LogP) is 4.69. The number of ether oxygens (including phenoxy) is 1. The lowest BCUT2D eigenvalue weighted by Crippen LogP contribution is -2.20. The molecule has 0 aromatic heterocycles. The van der Waals surface area contributed by atoms with Gasteiger partial charge in [-0.25, -0.2) is 9.18 Å². The molecule has 0 fully saturated rings. The van der Waals surface area contributed by atoms with E-state index in [2.05, 4.69) is 10.1 Å². The largest absolute Gasteiger partial charge is 0.452 e. The first-order valence-corrected chi connectivity index (χ1v) is 7.80. The standard InChI is InChI=1S/C18H12ClF4NO3/c19-14-9-13(20)5-6-15(14)24-16(25)10-27-17(26)7-4-11-2-1-3-12(8-11)18(21,22)23/h1-9H,10H2,(H,24,25). The van der Waals surface area contributed by atoms with Crippen LogP contribution in [0.3, 0.4) is 0 Å². The number of amides is 1. The molecule has 0 saturated carbocycles. The quantitative estimate of drug-likeness (QED) is 0.449. The monoisotopic (exact) mass is 401 g/mol. The van der Waals surface area contributed by atoms with Gasteiger partial charge in [-0.1, -0.05) is 23.7 Å². The van der Waals surface area contributed by atoms with Gasteiger partial charge in [-0.2, -0.15) is 13.2 Å². The van der Waals surface area contributed by atoms with Crippen molar-refractivity contribution in [1.82, 2.24) is 0 Å². The molecule has 4 nitrogen and oxygen atoms in total. The Morgan fingerprint density at radius 2 is 1.89 bits per heavy atom. The summed E-state index contributed by atoms with van der Waals surface area (Å²) >= 11 is 5.74. The summed E-state index contributed by atoms with van der Waals surface area (Å²) < 4.78 is 55.4. The van der Waals surface area contributed by atoms with Gasteiger partial charge in [0.15, 0.2) is 6.61 Å². The molecule has 0 heterocycles. The summed E-state index contributed by atoms with van der Waals surface area (Å²) in [4.78, 5) is 23.3. The van der Waals surface area contributed by atoms with E-state index in [1.54, 1.807) is 0 Å². The molecule has 0 radical (unpaired) electrons. The number of anilines is 1. The lowest BCUT2D eigenvalue weighted by molar-refractivity contribution is -0.142. The molecule has 1 amide bonds. The summed E-state index contributed by atoms with van der Waals surface area (Å²) in [6, 6.07) is 7.68. The maximum Gasteiger partial charge on any atom is 0.416 e. The zero-order valence-electron chi connectivity index (χ0n) is 13.5. The van der Waals surface area contributed by atoms with Crippen LogP contribution in [0.15, 0.2) is 48.5 Å². The van der Waals surface area contributed by atoms with Gasteiger partial charge in [0.25, 0.3) is 5.91 Å². The van der Waals surface area contributed by atoms with Crippen molar-refractivity contribution in [3.8, 4) is 0 Å². The molecule has 2 aromatic carbocycles. The Kier molecular flexibility index (Phi) is 6.57. The second-order valence-corrected chi connectivity index (χ2v) is 5.64. The van der Waals surface area contributed by atoms with Crippen molar-refractivity contribution < 1.29 is 31.9 Å². The Hall–Kier alpha value is -2.87. The Balaban J connectivity index is 1.88. The highest BCUT2D eigenvalue weighted by atomic mass is 35.5. The number of carbonyl (C=O) groups excluding carboxylic acids is 2. The number of carbonyl (C=O) groups is 2. The van der Waals surface area contributed by atoms with Crippen molar-refractivity contribution in [1.29, 1.82) is 0 Å². The second kappa shape index (κ2) is 8.68. The number of hydrogen-bond donors (Lipinski definition) is 1. The van der Waals surface area contributed by atoms with Gasteiger partial charge in [-0.05, 0) is 42.0 Å². The first-order valence-electron chi connectivity index (χ1n) is 7.42. The van der Waals surface area contributed by atoms with Gasteiger partial charge in [-0.3, -0.25) is 4.79 Å². The average molecular weight is 402 g/mol. The fourth-order valence-corrected chi connectivity index (χ4v) is 2.16. The molecule has 0 saturated heterocycles. The van der Waals surface area contributed by atoms with E-state index in [1.165, 1.54) is 18.2 Å². The normalized spacial score (nSPS) is 11.4. The third-order valence-electron chi connectivity index (χ3n) is 3.18. The van der Waals surface area contributed by atoms with Crippen LogP contribution < -0.4 is 5.32 Å². The van der Waals surface area contributed by atoms with Gasteiger partial charge in [0.1, 0.15) is 5.82 Å². The van der Waals surface area contributed by atoms with E-state index in [4.69, 9.17) is 11.6 Å². The summed E-state index contributed by atoms with van der Waals surface area (Å²) in [5.41, 5.74) is -0.573. The lowest BCUT2D eigenvalue weighted by Gasteiger charge is -2.07. The third kappa shape index (κ3) is 6.41. The minimum Gasteiger partial charge on any atom is -0.452 e. The summed E-state index contributed by atoms with van der Waals surface area (Å²) in [7, 11) is 0. The maximum atomic E-state index is 12.9. The van der Waals surface area contributed by atoms with E-state index in [-0.39, 0.29) is 16.3 Å². The van der Waals surface area contributed by atoms with Crippen molar-refractivity contribution in [3.05, 3.63) is 70.5 Å². The number of nitrogens with one attached hydrogen (secondary N) is 1. The molecule has 9 heteroatoms. The van der Waals surface area contributed by atoms with Crippen LogP contribution in [0.5, 0.6) is 0 Å². The van der Waals surface area contributed by atoms with Crippen LogP contribution in [0.1, 0.15) is 11.1 Å². The molecule has 0 aliphatic rings. The van der Waals surface area contributed by atoms with E-state index < -0.39 is 36.0 Å². The molecule has 0 aliphatic carbocycles.